The molecule has 1 aromatic heterocycles. The van der Waals surface area contributed by atoms with Crippen LogP contribution in [-0.2, 0) is 16.0 Å². The first-order valence-corrected chi connectivity index (χ1v) is 10.0. The summed E-state index contributed by atoms with van der Waals surface area (Å²) in [6.07, 6.45) is 3.25. The summed E-state index contributed by atoms with van der Waals surface area (Å²) in [6.45, 7) is 4.74. The zero-order valence-corrected chi connectivity index (χ0v) is 17.7. The lowest BCUT2D eigenvalue weighted by atomic mass is 10.2. The fourth-order valence-electron chi connectivity index (χ4n) is 2.86. The highest BCUT2D eigenvalue weighted by molar-refractivity contribution is 5.93. The van der Waals surface area contributed by atoms with Gasteiger partial charge in [0.25, 0.3) is 5.91 Å². The summed E-state index contributed by atoms with van der Waals surface area (Å²) in [5.74, 6) is 0.530. The number of nitrogens with one attached hydrogen (secondary N) is 1. The van der Waals surface area contributed by atoms with Crippen LogP contribution in [0, 0.1) is 5.21 Å². The minimum atomic E-state index is -0.269. The average molecular weight is 418 g/mol. The van der Waals surface area contributed by atoms with Crippen LogP contribution < -0.4 is 14.8 Å². The first-order valence-electron chi connectivity index (χ1n) is 10.0. The third-order valence-corrected chi connectivity index (χ3v) is 4.44. The Kier molecular flexibility index (Phi) is 10.6. The van der Waals surface area contributed by atoms with Gasteiger partial charge in [0, 0.05) is 46.5 Å². The number of ether oxygens (including phenoxy) is 3. The minimum Gasteiger partial charge on any atom is -0.619 e. The number of nitrogens with zero attached hydrogens (tertiary/aromatic N) is 2. The van der Waals surface area contributed by atoms with Gasteiger partial charge in [0.15, 0.2) is 12.4 Å². The Morgan fingerprint density at radius 3 is 2.57 bits per heavy atom. The predicted molar refractivity (Wildman–Crippen MR) is 113 cm³/mol. The summed E-state index contributed by atoms with van der Waals surface area (Å²) in [5, 5.41) is 14.0. The van der Waals surface area contributed by atoms with Crippen LogP contribution in [0.5, 0.6) is 5.75 Å². The van der Waals surface area contributed by atoms with Gasteiger partial charge in [0.1, 0.15) is 11.3 Å². The molecule has 0 radical (unpaired) electrons. The van der Waals surface area contributed by atoms with Crippen molar-refractivity contribution in [2.75, 3.05) is 53.7 Å². The van der Waals surface area contributed by atoms with Crippen molar-refractivity contribution in [3.05, 3.63) is 65.1 Å². The zero-order valence-electron chi connectivity index (χ0n) is 17.7. The standard InChI is InChI=1S/C22H31N3O5/c1-28-14-11-24(12-15-29-2)17-19-6-3-8-21(16-19)30-13-5-9-23-22(26)20-7-4-10-25(27)18-20/h3-4,6-8,10,16,18H,5,9,11-15,17H2,1-2H3,(H,23,26). The average Bonchev–Trinajstić information content (AvgIpc) is 2.75. The topological polar surface area (TPSA) is 87.0 Å². The van der Waals surface area contributed by atoms with Crippen molar-refractivity contribution >= 4 is 5.91 Å². The smallest absolute Gasteiger partial charge is 0.257 e. The normalized spacial score (nSPS) is 10.9. The molecule has 0 aliphatic rings. The van der Waals surface area contributed by atoms with Crippen molar-refractivity contribution in [3.63, 3.8) is 0 Å². The van der Waals surface area contributed by atoms with Crippen LogP contribution >= 0.6 is 0 Å². The van der Waals surface area contributed by atoms with Gasteiger partial charge in [-0.3, -0.25) is 9.69 Å². The molecule has 0 unspecified atom stereocenters. The van der Waals surface area contributed by atoms with Crippen molar-refractivity contribution < 1.29 is 23.7 Å². The van der Waals surface area contributed by atoms with Gasteiger partial charge in [-0.15, -0.1) is 0 Å². The Hall–Kier alpha value is -2.68. The molecule has 0 spiro atoms. The van der Waals surface area contributed by atoms with Crippen molar-refractivity contribution in [1.82, 2.24) is 10.2 Å². The van der Waals surface area contributed by atoms with Crippen molar-refractivity contribution in [2.45, 2.75) is 13.0 Å². The molecule has 8 nitrogen and oxygen atoms in total. The van der Waals surface area contributed by atoms with E-state index in [-0.39, 0.29) is 5.91 Å². The molecule has 30 heavy (non-hydrogen) atoms. The Morgan fingerprint density at radius 1 is 1.10 bits per heavy atom. The number of aromatic nitrogens is 1. The van der Waals surface area contributed by atoms with Crippen molar-refractivity contribution in [2.24, 2.45) is 0 Å². The van der Waals surface area contributed by atoms with Crippen molar-refractivity contribution in [1.29, 1.82) is 0 Å². The second kappa shape index (κ2) is 13.5. The molecule has 1 heterocycles. The van der Waals surface area contributed by atoms with Gasteiger partial charge < -0.3 is 24.7 Å². The summed E-state index contributed by atoms with van der Waals surface area (Å²) in [6, 6.07) is 11.2. The molecule has 2 rings (SSSR count). The van der Waals surface area contributed by atoms with Crippen LogP contribution in [0.25, 0.3) is 0 Å². The largest absolute Gasteiger partial charge is 0.619 e. The van der Waals surface area contributed by atoms with E-state index in [1.807, 2.05) is 18.2 Å². The Morgan fingerprint density at radius 2 is 1.87 bits per heavy atom. The van der Waals surface area contributed by atoms with Gasteiger partial charge in [-0.25, -0.2) is 0 Å². The molecule has 0 aliphatic carbocycles. The summed E-state index contributed by atoms with van der Waals surface area (Å²) in [5.41, 5.74) is 1.50. The number of amides is 1. The van der Waals surface area contributed by atoms with E-state index >= 15 is 0 Å². The number of carbonyl (C=O) groups excluding carboxylic acids is 1. The lowest BCUT2D eigenvalue weighted by Gasteiger charge is -2.22. The van der Waals surface area contributed by atoms with Gasteiger partial charge in [-0.1, -0.05) is 12.1 Å². The molecule has 0 atom stereocenters. The Labute approximate surface area is 177 Å². The van der Waals surface area contributed by atoms with E-state index < -0.39 is 0 Å². The number of carbonyl (C=O) groups is 1. The van der Waals surface area contributed by atoms with Gasteiger partial charge in [0.2, 0.25) is 0 Å². The lowest BCUT2D eigenvalue weighted by Crippen LogP contribution is -2.30. The molecule has 2 aromatic rings. The fourth-order valence-corrected chi connectivity index (χ4v) is 2.86. The molecule has 0 aliphatic heterocycles. The zero-order chi connectivity index (χ0) is 21.6. The minimum absolute atomic E-state index is 0.269. The molecule has 8 heteroatoms. The monoisotopic (exact) mass is 417 g/mol. The van der Waals surface area contributed by atoms with Gasteiger partial charge in [-0.2, -0.15) is 4.73 Å². The van der Waals surface area contributed by atoms with Gasteiger partial charge >= 0.3 is 0 Å². The summed E-state index contributed by atoms with van der Waals surface area (Å²) in [7, 11) is 3.40. The SMILES string of the molecule is COCCN(CCOC)Cc1cccc(OCCCNC(=O)c2ccc[n+]([O-])c2)c1. The summed E-state index contributed by atoms with van der Waals surface area (Å²) < 4.78 is 16.8. The number of methoxy groups -OCH3 is 2. The van der Waals surface area contributed by atoms with E-state index in [9.17, 15) is 10.0 Å². The highest BCUT2D eigenvalue weighted by Gasteiger charge is 2.08. The van der Waals surface area contributed by atoms with Crippen LogP contribution in [0.1, 0.15) is 22.3 Å². The van der Waals surface area contributed by atoms with E-state index in [4.69, 9.17) is 14.2 Å². The van der Waals surface area contributed by atoms with E-state index in [0.29, 0.717) is 43.1 Å². The maximum atomic E-state index is 12.0. The fraction of sp³-hybridized carbons (Fsp3) is 0.455. The maximum absolute atomic E-state index is 12.0. The number of hydrogen-bond donors (Lipinski definition) is 1. The highest BCUT2D eigenvalue weighted by Crippen LogP contribution is 2.15. The predicted octanol–water partition coefficient (Wildman–Crippen LogP) is 1.61. The molecule has 0 fully saturated rings. The van der Waals surface area contributed by atoms with Gasteiger partial charge in [0.05, 0.1) is 19.8 Å². The maximum Gasteiger partial charge on any atom is 0.257 e. The van der Waals surface area contributed by atoms with Crippen LogP contribution in [-0.4, -0.2) is 64.5 Å². The number of pyridine rings is 1. The molecular formula is C22H31N3O5. The lowest BCUT2D eigenvalue weighted by molar-refractivity contribution is -0.605. The molecule has 0 saturated heterocycles. The van der Waals surface area contributed by atoms with E-state index in [1.54, 1.807) is 26.4 Å². The van der Waals surface area contributed by atoms with Crippen LogP contribution in [0.4, 0.5) is 0 Å². The molecule has 1 aromatic carbocycles. The molecule has 1 N–H and O–H groups in total. The van der Waals surface area contributed by atoms with E-state index in [0.717, 1.165) is 30.9 Å². The molecular weight excluding hydrogens is 386 g/mol. The van der Waals surface area contributed by atoms with E-state index in [2.05, 4.69) is 16.3 Å². The first kappa shape index (κ1) is 23.6. The third kappa shape index (κ3) is 8.77. The van der Waals surface area contributed by atoms with Gasteiger partial charge in [-0.05, 0) is 30.2 Å². The van der Waals surface area contributed by atoms with E-state index in [1.165, 1.54) is 12.4 Å². The summed E-state index contributed by atoms with van der Waals surface area (Å²) in [4.78, 5) is 14.3. The molecule has 1 amide bonds. The van der Waals surface area contributed by atoms with Crippen LogP contribution in [0.2, 0.25) is 0 Å². The Bertz CT molecular complexity index is 764. The highest BCUT2D eigenvalue weighted by atomic mass is 16.5. The summed E-state index contributed by atoms with van der Waals surface area (Å²) >= 11 is 0. The molecule has 0 bridgehead atoms. The quantitative estimate of drug-likeness (QED) is 0.286. The third-order valence-electron chi connectivity index (χ3n) is 4.44. The second-order valence-electron chi connectivity index (χ2n) is 6.82. The van der Waals surface area contributed by atoms with Crippen LogP contribution in [0.3, 0.4) is 0 Å². The molecule has 0 saturated carbocycles. The van der Waals surface area contributed by atoms with Crippen molar-refractivity contribution in [3.8, 4) is 5.75 Å². The number of benzene rings is 1. The first-order chi connectivity index (χ1) is 14.6. The van der Waals surface area contributed by atoms with Crippen LogP contribution in [0.15, 0.2) is 48.8 Å². The second-order valence-corrected chi connectivity index (χ2v) is 6.82. The number of rotatable bonds is 14. The Balaban J connectivity index is 1.74. The number of hydrogen-bond acceptors (Lipinski definition) is 6. The molecule has 164 valence electrons.